The summed E-state index contributed by atoms with van der Waals surface area (Å²) in [6.07, 6.45) is 5.03. The van der Waals surface area contributed by atoms with Crippen LogP contribution in [0.2, 0.25) is 0 Å². The third kappa shape index (κ3) is 4.17. The van der Waals surface area contributed by atoms with Crippen molar-refractivity contribution in [1.82, 2.24) is 4.83 Å². The molecule has 0 radical (unpaired) electrons. The maximum Gasteiger partial charge on any atom is 0.276 e. The molecule has 6 nitrogen and oxygen atoms in total. The fourth-order valence-electron chi connectivity index (χ4n) is 6.05. The predicted molar refractivity (Wildman–Crippen MR) is 128 cm³/mol. The van der Waals surface area contributed by atoms with E-state index in [1.807, 2.05) is 6.92 Å². The molecule has 5 rings (SSSR count). The molecular formula is C26H32N2O4S. The minimum absolute atomic E-state index is 0.181. The lowest BCUT2D eigenvalue weighted by atomic mass is 9.57. The van der Waals surface area contributed by atoms with Gasteiger partial charge in [0, 0.05) is 0 Å². The van der Waals surface area contributed by atoms with Crippen LogP contribution in [0.3, 0.4) is 0 Å². The molecular weight excluding hydrogens is 436 g/mol. The van der Waals surface area contributed by atoms with Gasteiger partial charge in [0.15, 0.2) is 0 Å². The van der Waals surface area contributed by atoms with Gasteiger partial charge in [-0.2, -0.15) is 13.5 Å². The van der Waals surface area contributed by atoms with E-state index < -0.39 is 10.0 Å². The Morgan fingerprint density at radius 3 is 2.70 bits per heavy atom. The molecule has 1 saturated carbocycles. The van der Waals surface area contributed by atoms with E-state index in [0.717, 1.165) is 49.1 Å². The number of rotatable bonds is 4. The molecule has 3 aliphatic rings. The summed E-state index contributed by atoms with van der Waals surface area (Å²) in [5, 5.41) is 4.32. The van der Waals surface area contributed by atoms with Crippen molar-refractivity contribution < 1.29 is 17.9 Å². The molecule has 0 amide bonds. The van der Waals surface area contributed by atoms with E-state index >= 15 is 0 Å². The molecule has 33 heavy (non-hydrogen) atoms. The van der Waals surface area contributed by atoms with Crippen molar-refractivity contribution in [3.8, 4) is 5.75 Å². The van der Waals surface area contributed by atoms with Gasteiger partial charge in [0.25, 0.3) is 10.0 Å². The molecule has 0 unspecified atom stereocenters. The maximum absolute atomic E-state index is 12.7. The van der Waals surface area contributed by atoms with E-state index in [4.69, 9.17) is 9.47 Å². The molecule has 1 aliphatic heterocycles. The Morgan fingerprint density at radius 1 is 1.15 bits per heavy atom. The topological polar surface area (TPSA) is 77.0 Å². The van der Waals surface area contributed by atoms with Gasteiger partial charge >= 0.3 is 0 Å². The first kappa shape index (κ1) is 22.4. The first-order chi connectivity index (χ1) is 15.8. The van der Waals surface area contributed by atoms with Crippen molar-refractivity contribution in [2.24, 2.45) is 16.9 Å². The summed E-state index contributed by atoms with van der Waals surface area (Å²) in [5.41, 5.74) is 4.45. The molecule has 2 aromatic carbocycles. The van der Waals surface area contributed by atoms with Crippen LogP contribution in [0.1, 0.15) is 55.2 Å². The Labute approximate surface area is 196 Å². The molecule has 2 aromatic rings. The van der Waals surface area contributed by atoms with E-state index in [1.165, 1.54) is 11.1 Å². The van der Waals surface area contributed by atoms with E-state index in [1.54, 1.807) is 31.4 Å². The number of nitrogens with one attached hydrogen (secondary N) is 1. The first-order valence-electron chi connectivity index (χ1n) is 11.7. The number of methoxy groups -OCH3 is 1. The maximum atomic E-state index is 12.7. The number of hydrogen-bond acceptors (Lipinski definition) is 5. The number of aryl methyl sites for hydroxylation is 2. The van der Waals surface area contributed by atoms with Gasteiger partial charge in [-0.15, -0.1) is 0 Å². The highest BCUT2D eigenvalue weighted by Crippen LogP contribution is 2.55. The van der Waals surface area contributed by atoms with Crippen LogP contribution in [0.4, 0.5) is 0 Å². The second-order valence-electron chi connectivity index (χ2n) is 9.91. The third-order valence-electron chi connectivity index (χ3n) is 7.95. The fourth-order valence-corrected chi connectivity index (χ4v) is 6.90. The van der Waals surface area contributed by atoms with Crippen molar-refractivity contribution in [1.29, 1.82) is 0 Å². The van der Waals surface area contributed by atoms with E-state index in [-0.39, 0.29) is 10.5 Å². The highest BCUT2D eigenvalue weighted by Gasteiger charge is 2.51. The molecule has 0 spiro atoms. The highest BCUT2D eigenvalue weighted by atomic mass is 32.2. The lowest BCUT2D eigenvalue weighted by molar-refractivity contribution is -0.120. The molecule has 1 heterocycles. The van der Waals surface area contributed by atoms with Gasteiger partial charge in [0.05, 0.1) is 29.9 Å². The molecule has 0 aromatic heterocycles. The van der Waals surface area contributed by atoms with Crippen molar-refractivity contribution in [2.75, 3.05) is 13.7 Å². The molecule has 2 aliphatic carbocycles. The van der Waals surface area contributed by atoms with E-state index in [9.17, 15) is 8.42 Å². The number of hydrazone groups is 1. The Balaban J connectivity index is 1.36. The Bertz CT molecular complexity index is 1180. The summed E-state index contributed by atoms with van der Waals surface area (Å²) in [6.45, 7) is 4.53. The Hall–Kier alpha value is -2.38. The van der Waals surface area contributed by atoms with Crippen molar-refractivity contribution >= 4 is 15.7 Å². The van der Waals surface area contributed by atoms with Crippen LogP contribution in [0.25, 0.3) is 0 Å². The number of fused-ring (bicyclic) bond motifs is 5. The number of benzene rings is 2. The summed E-state index contributed by atoms with van der Waals surface area (Å²) in [4.78, 5) is 2.66. The molecule has 4 atom stereocenters. The van der Waals surface area contributed by atoms with Crippen LogP contribution in [-0.4, -0.2) is 33.4 Å². The van der Waals surface area contributed by atoms with Gasteiger partial charge in [0.2, 0.25) is 0 Å². The van der Waals surface area contributed by atoms with E-state index in [0.29, 0.717) is 24.4 Å². The third-order valence-corrected chi connectivity index (χ3v) is 9.17. The number of nitrogens with zero attached hydrogens (tertiary/aromatic N) is 1. The van der Waals surface area contributed by atoms with Crippen LogP contribution >= 0.6 is 0 Å². The Kier molecular flexibility index (Phi) is 5.73. The van der Waals surface area contributed by atoms with Gasteiger partial charge in [-0.1, -0.05) is 23.8 Å². The fraction of sp³-hybridized carbons (Fsp3) is 0.500. The van der Waals surface area contributed by atoms with Gasteiger partial charge < -0.3 is 9.47 Å². The van der Waals surface area contributed by atoms with Crippen LogP contribution < -0.4 is 9.57 Å². The highest BCUT2D eigenvalue weighted by molar-refractivity contribution is 7.89. The second kappa shape index (κ2) is 8.44. The zero-order valence-corrected chi connectivity index (χ0v) is 20.3. The van der Waals surface area contributed by atoms with Crippen LogP contribution in [0, 0.1) is 18.8 Å². The van der Waals surface area contributed by atoms with Crippen molar-refractivity contribution in [2.45, 2.75) is 62.4 Å². The molecule has 1 saturated heterocycles. The molecule has 2 fully saturated rings. The first-order valence-corrected chi connectivity index (χ1v) is 13.2. The summed E-state index contributed by atoms with van der Waals surface area (Å²) in [6, 6.07) is 13.3. The zero-order chi connectivity index (χ0) is 23.2. The largest absolute Gasteiger partial charge is 0.497 e. The van der Waals surface area contributed by atoms with Gasteiger partial charge in [0.1, 0.15) is 5.75 Å². The molecule has 176 valence electrons. The standard InChI is InChI=1S/C26H32N2O4S/c1-17-4-8-21(9-5-17)33(29,30)28-27-19-15-25-24-10-6-18-14-20(31-3)7-11-22(18)23(24)12-13-26(25,2)32-16-19/h4-5,7-9,11,14,23-25,28H,6,10,12-13,15-16H2,1-3H3/b27-19-/t23-,24-,25+,26+/m1/s1. The molecule has 1 N–H and O–H groups in total. The summed E-state index contributed by atoms with van der Waals surface area (Å²) in [7, 11) is -1.98. The SMILES string of the molecule is COc1ccc2c(c1)CC[C@@H]1[C@@H]2CC[C@]2(C)OC/C(=N\NS(=O)(=O)c3ccc(C)cc3)C[C@@H]12. The van der Waals surface area contributed by atoms with Gasteiger partial charge in [-0.05, 0) is 99.1 Å². The summed E-state index contributed by atoms with van der Waals surface area (Å²) < 4.78 is 37.1. The van der Waals surface area contributed by atoms with E-state index in [2.05, 4.69) is 35.1 Å². The minimum atomic E-state index is -3.70. The average molecular weight is 469 g/mol. The van der Waals surface area contributed by atoms with Gasteiger partial charge in [-0.3, -0.25) is 0 Å². The minimum Gasteiger partial charge on any atom is -0.497 e. The quantitative estimate of drug-likeness (QED) is 0.667. The van der Waals surface area contributed by atoms with Crippen molar-refractivity contribution in [3.63, 3.8) is 0 Å². The summed E-state index contributed by atoms with van der Waals surface area (Å²) in [5.74, 6) is 2.25. The normalized spacial score (nSPS) is 30.2. The smallest absolute Gasteiger partial charge is 0.276 e. The molecule has 7 heteroatoms. The number of hydrogen-bond donors (Lipinski definition) is 1. The van der Waals surface area contributed by atoms with Crippen LogP contribution in [0.15, 0.2) is 52.5 Å². The monoisotopic (exact) mass is 468 g/mol. The number of sulfonamides is 1. The van der Waals surface area contributed by atoms with Gasteiger partial charge in [-0.25, -0.2) is 4.83 Å². The zero-order valence-electron chi connectivity index (χ0n) is 19.5. The average Bonchev–Trinajstić information content (AvgIpc) is 2.82. The molecule has 0 bridgehead atoms. The van der Waals surface area contributed by atoms with Crippen LogP contribution in [0.5, 0.6) is 5.75 Å². The van der Waals surface area contributed by atoms with Crippen molar-refractivity contribution in [3.05, 3.63) is 59.2 Å². The summed E-state index contributed by atoms with van der Waals surface area (Å²) >= 11 is 0. The lowest BCUT2D eigenvalue weighted by Gasteiger charge is -2.53. The Morgan fingerprint density at radius 2 is 1.94 bits per heavy atom. The number of ether oxygens (including phenoxy) is 2. The lowest BCUT2D eigenvalue weighted by Crippen LogP contribution is -2.53. The predicted octanol–water partition coefficient (Wildman–Crippen LogP) is 4.57. The van der Waals surface area contributed by atoms with Crippen LogP contribution in [-0.2, 0) is 21.2 Å². The second-order valence-corrected chi connectivity index (χ2v) is 11.6.